The summed E-state index contributed by atoms with van der Waals surface area (Å²) in [5.74, 6) is 0.647. The Balaban J connectivity index is 2.29. The highest BCUT2D eigenvalue weighted by Crippen LogP contribution is 2.27. The summed E-state index contributed by atoms with van der Waals surface area (Å²) in [5, 5.41) is 12.6. The van der Waals surface area contributed by atoms with Gasteiger partial charge in [-0.3, -0.25) is 4.98 Å². The largest absolute Gasteiger partial charge is 0.396 e. The van der Waals surface area contributed by atoms with Gasteiger partial charge in [-0.15, -0.1) is 0 Å². The molecular formula is C10H10Br2N4O2. The van der Waals surface area contributed by atoms with E-state index < -0.39 is 6.04 Å². The van der Waals surface area contributed by atoms with E-state index in [9.17, 15) is 0 Å². The molecule has 2 rings (SSSR count). The zero-order valence-corrected chi connectivity index (χ0v) is 12.3. The number of hydrogen-bond donors (Lipinski definition) is 2. The third kappa shape index (κ3) is 2.94. The SMILES string of the molecule is NC(CCO)c1nc(-c2ncc(Br)cc2Br)no1. The molecule has 18 heavy (non-hydrogen) atoms. The quantitative estimate of drug-likeness (QED) is 0.845. The van der Waals surface area contributed by atoms with Gasteiger partial charge in [0, 0.05) is 21.7 Å². The fourth-order valence-corrected chi connectivity index (χ4v) is 2.49. The number of aliphatic hydroxyl groups excluding tert-OH is 1. The van der Waals surface area contributed by atoms with E-state index in [1.807, 2.05) is 6.07 Å². The third-order valence-corrected chi connectivity index (χ3v) is 3.26. The Hall–Kier alpha value is -0.830. The van der Waals surface area contributed by atoms with E-state index in [4.69, 9.17) is 15.4 Å². The molecule has 3 N–H and O–H groups in total. The van der Waals surface area contributed by atoms with Crippen molar-refractivity contribution in [3.63, 3.8) is 0 Å². The average Bonchev–Trinajstić information content (AvgIpc) is 2.78. The maximum absolute atomic E-state index is 8.80. The first-order valence-electron chi connectivity index (χ1n) is 5.13. The van der Waals surface area contributed by atoms with Crippen LogP contribution in [0.3, 0.4) is 0 Å². The molecule has 8 heteroatoms. The first-order chi connectivity index (χ1) is 8.61. The molecule has 0 aliphatic rings. The molecule has 96 valence electrons. The number of pyridine rings is 1. The highest BCUT2D eigenvalue weighted by atomic mass is 79.9. The molecule has 0 amide bonds. The molecule has 0 spiro atoms. The van der Waals surface area contributed by atoms with Gasteiger partial charge in [0.25, 0.3) is 0 Å². The van der Waals surface area contributed by atoms with Gasteiger partial charge in [-0.1, -0.05) is 5.16 Å². The van der Waals surface area contributed by atoms with Crippen LogP contribution < -0.4 is 5.73 Å². The van der Waals surface area contributed by atoms with Crippen molar-refractivity contribution >= 4 is 31.9 Å². The predicted octanol–water partition coefficient (Wildman–Crippen LogP) is 2.04. The molecule has 6 nitrogen and oxygen atoms in total. The van der Waals surface area contributed by atoms with Crippen LogP contribution in [-0.4, -0.2) is 26.8 Å². The van der Waals surface area contributed by atoms with Crippen LogP contribution in [0.2, 0.25) is 0 Å². The maximum Gasteiger partial charge on any atom is 0.244 e. The van der Waals surface area contributed by atoms with Crippen molar-refractivity contribution in [2.24, 2.45) is 5.73 Å². The Kier molecular flexibility index (Phi) is 4.44. The molecule has 0 saturated carbocycles. The molecule has 1 atom stereocenters. The number of halogens is 2. The molecule has 2 aromatic rings. The summed E-state index contributed by atoms with van der Waals surface area (Å²) in [5.41, 5.74) is 6.34. The van der Waals surface area contributed by atoms with Gasteiger partial charge >= 0.3 is 0 Å². The molecule has 1 unspecified atom stereocenters. The second-order valence-electron chi connectivity index (χ2n) is 3.56. The van der Waals surface area contributed by atoms with E-state index in [1.54, 1.807) is 6.20 Å². The van der Waals surface area contributed by atoms with E-state index >= 15 is 0 Å². The van der Waals surface area contributed by atoms with Gasteiger partial charge < -0.3 is 15.4 Å². The molecule has 2 heterocycles. The van der Waals surface area contributed by atoms with Crippen LogP contribution in [0, 0.1) is 0 Å². The number of rotatable bonds is 4. The van der Waals surface area contributed by atoms with Crippen molar-refractivity contribution in [3.05, 3.63) is 27.1 Å². The summed E-state index contributed by atoms with van der Waals surface area (Å²) < 4.78 is 6.64. The van der Waals surface area contributed by atoms with Gasteiger partial charge in [-0.2, -0.15) is 4.98 Å². The highest BCUT2D eigenvalue weighted by molar-refractivity contribution is 9.11. The minimum atomic E-state index is -0.467. The van der Waals surface area contributed by atoms with Gasteiger partial charge in [0.2, 0.25) is 11.7 Å². The summed E-state index contributed by atoms with van der Waals surface area (Å²) in [6, 6.07) is 1.37. The third-order valence-electron chi connectivity index (χ3n) is 2.22. The fraction of sp³-hybridized carbons (Fsp3) is 0.300. The van der Waals surface area contributed by atoms with Crippen LogP contribution in [-0.2, 0) is 0 Å². The standard InChI is InChI=1S/C10H10Br2N4O2/c11-5-3-6(12)8(14-4-5)9-15-10(18-16-9)7(13)1-2-17/h3-4,7,17H,1-2,13H2. The average molecular weight is 378 g/mol. The van der Waals surface area contributed by atoms with Gasteiger partial charge in [0.1, 0.15) is 5.69 Å². The lowest BCUT2D eigenvalue weighted by Gasteiger charge is -2.02. The molecule has 0 aliphatic carbocycles. The molecule has 0 aliphatic heterocycles. The van der Waals surface area contributed by atoms with Crippen LogP contribution in [0.25, 0.3) is 11.5 Å². The van der Waals surface area contributed by atoms with E-state index in [-0.39, 0.29) is 12.5 Å². The Morgan fingerprint density at radius 1 is 1.44 bits per heavy atom. The van der Waals surface area contributed by atoms with E-state index in [1.165, 1.54) is 0 Å². The van der Waals surface area contributed by atoms with Crippen LogP contribution in [0.15, 0.2) is 25.7 Å². The number of hydrogen-bond acceptors (Lipinski definition) is 6. The molecule has 2 aromatic heterocycles. The normalized spacial score (nSPS) is 12.7. The van der Waals surface area contributed by atoms with E-state index in [2.05, 4.69) is 47.0 Å². The molecule has 0 aromatic carbocycles. The summed E-state index contributed by atoms with van der Waals surface area (Å²) in [4.78, 5) is 8.37. The number of aliphatic hydroxyl groups is 1. The van der Waals surface area contributed by atoms with Crippen molar-refractivity contribution in [2.75, 3.05) is 6.61 Å². The Labute approximate surface area is 120 Å². The van der Waals surface area contributed by atoms with Gasteiger partial charge in [-0.05, 0) is 44.3 Å². The summed E-state index contributed by atoms with van der Waals surface area (Å²) in [7, 11) is 0. The van der Waals surface area contributed by atoms with Crippen LogP contribution in [0.1, 0.15) is 18.4 Å². The lowest BCUT2D eigenvalue weighted by molar-refractivity contribution is 0.259. The zero-order chi connectivity index (χ0) is 13.1. The second kappa shape index (κ2) is 5.87. The minimum absolute atomic E-state index is 0.0287. The summed E-state index contributed by atoms with van der Waals surface area (Å²) in [6.07, 6.45) is 2.01. The van der Waals surface area contributed by atoms with E-state index in [0.717, 1.165) is 8.95 Å². The monoisotopic (exact) mass is 376 g/mol. The Bertz CT molecular complexity index is 546. The number of aromatic nitrogens is 3. The minimum Gasteiger partial charge on any atom is -0.396 e. The maximum atomic E-state index is 8.80. The fourth-order valence-electron chi connectivity index (χ4n) is 1.32. The Morgan fingerprint density at radius 2 is 2.22 bits per heavy atom. The zero-order valence-electron chi connectivity index (χ0n) is 9.18. The van der Waals surface area contributed by atoms with Crippen molar-refractivity contribution in [1.82, 2.24) is 15.1 Å². The molecular weight excluding hydrogens is 368 g/mol. The molecule has 0 bridgehead atoms. The van der Waals surface area contributed by atoms with Gasteiger partial charge in [0.15, 0.2) is 0 Å². The van der Waals surface area contributed by atoms with Crippen molar-refractivity contribution < 1.29 is 9.63 Å². The first-order valence-corrected chi connectivity index (χ1v) is 6.72. The van der Waals surface area contributed by atoms with Gasteiger partial charge in [-0.25, -0.2) is 0 Å². The molecule has 0 radical (unpaired) electrons. The van der Waals surface area contributed by atoms with E-state index in [0.29, 0.717) is 17.9 Å². The predicted molar refractivity (Wildman–Crippen MR) is 71.6 cm³/mol. The lowest BCUT2D eigenvalue weighted by atomic mass is 10.2. The molecule has 0 fully saturated rings. The van der Waals surface area contributed by atoms with Crippen LogP contribution in [0.4, 0.5) is 0 Å². The van der Waals surface area contributed by atoms with Crippen molar-refractivity contribution in [2.45, 2.75) is 12.5 Å². The summed E-state index contributed by atoms with van der Waals surface area (Å²) >= 11 is 6.69. The highest BCUT2D eigenvalue weighted by Gasteiger charge is 2.17. The second-order valence-corrected chi connectivity index (χ2v) is 5.33. The lowest BCUT2D eigenvalue weighted by Crippen LogP contribution is -2.12. The van der Waals surface area contributed by atoms with Crippen LogP contribution in [0.5, 0.6) is 0 Å². The first kappa shape index (κ1) is 13.6. The summed E-state index contributed by atoms with van der Waals surface area (Å²) in [6.45, 7) is -0.0287. The van der Waals surface area contributed by atoms with Crippen LogP contribution >= 0.6 is 31.9 Å². The topological polar surface area (TPSA) is 98.1 Å². The number of nitrogens with two attached hydrogens (primary N) is 1. The molecule has 0 saturated heterocycles. The van der Waals surface area contributed by atoms with Crippen molar-refractivity contribution in [1.29, 1.82) is 0 Å². The number of nitrogens with zero attached hydrogens (tertiary/aromatic N) is 3. The Morgan fingerprint density at radius 3 is 2.89 bits per heavy atom. The van der Waals surface area contributed by atoms with Crippen molar-refractivity contribution in [3.8, 4) is 11.5 Å². The smallest absolute Gasteiger partial charge is 0.244 e. The van der Waals surface area contributed by atoms with Gasteiger partial charge in [0.05, 0.1) is 6.04 Å².